The maximum Gasteiger partial charge on any atom is 0.0952 e. The molecule has 0 radical (unpaired) electrons. The van der Waals surface area contributed by atoms with E-state index in [1.54, 1.807) is 18.4 Å². The first-order valence-corrected chi connectivity index (χ1v) is 7.34. The first-order valence-electron chi connectivity index (χ1n) is 6.46. The molecule has 1 aromatic rings. The Hall–Kier alpha value is -0.490. The lowest BCUT2D eigenvalue weighted by atomic mass is 9.91. The lowest BCUT2D eigenvalue weighted by Crippen LogP contribution is -2.35. The molecule has 0 aliphatic carbocycles. The summed E-state index contributed by atoms with van der Waals surface area (Å²) in [6.07, 6.45) is 2.67. The van der Waals surface area contributed by atoms with E-state index in [4.69, 9.17) is 15.2 Å². The largest absolute Gasteiger partial charge is 0.382 e. The smallest absolute Gasteiger partial charge is 0.0952 e. The average Bonchev–Trinajstić information content (AvgIpc) is 2.87. The topological polar surface area (TPSA) is 57.4 Å². The maximum absolute atomic E-state index is 6.32. The highest BCUT2D eigenvalue weighted by molar-refractivity contribution is 7.09. The van der Waals surface area contributed by atoms with Crippen molar-refractivity contribution in [3.8, 4) is 0 Å². The first-order chi connectivity index (χ1) is 8.66. The Morgan fingerprint density at radius 1 is 1.28 bits per heavy atom. The molecule has 5 heteroatoms. The first kappa shape index (κ1) is 15.6. The molecule has 0 unspecified atom stereocenters. The molecular weight excluding hydrogens is 248 g/mol. The molecule has 0 amide bonds. The molecule has 0 aromatic carbocycles. The monoisotopic (exact) mass is 272 g/mol. The summed E-state index contributed by atoms with van der Waals surface area (Å²) >= 11 is 1.67. The number of nitrogens with zero attached hydrogens (tertiary/aromatic N) is 1. The third kappa shape index (κ3) is 4.31. The fourth-order valence-electron chi connectivity index (χ4n) is 1.67. The number of nitrogens with two attached hydrogens (primary N) is 1. The number of thiazole rings is 1. The summed E-state index contributed by atoms with van der Waals surface area (Å²) in [5, 5.41) is 3.18. The van der Waals surface area contributed by atoms with Gasteiger partial charge >= 0.3 is 0 Å². The highest BCUT2D eigenvalue weighted by Crippen LogP contribution is 2.26. The number of aromatic nitrogens is 1. The molecule has 1 rings (SSSR count). The number of ether oxygens (including phenoxy) is 2. The minimum Gasteiger partial charge on any atom is -0.382 e. The van der Waals surface area contributed by atoms with Crippen molar-refractivity contribution >= 4 is 11.3 Å². The van der Waals surface area contributed by atoms with Gasteiger partial charge < -0.3 is 15.2 Å². The van der Waals surface area contributed by atoms with Crippen LogP contribution in [0.1, 0.15) is 37.4 Å². The standard InChI is InChI=1S/C13H24N2O2S/c1-4-13(14,5-2)11-10-18-12(15-11)6-7-17-9-8-16-3/h10H,4-9,14H2,1-3H3. The van der Waals surface area contributed by atoms with Crippen LogP contribution in [0.25, 0.3) is 0 Å². The maximum atomic E-state index is 6.32. The Bertz CT molecular complexity index is 337. The number of rotatable bonds is 9. The molecule has 18 heavy (non-hydrogen) atoms. The highest BCUT2D eigenvalue weighted by atomic mass is 32.1. The van der Waals surface area contributed by atoms with Crippen molar-refractivity contribution in [2.75, 3.05) is 26.9 Å². The van der Waals surface area contributed by atoms with Gasteiger partial charge in [-0.2, -0.15) is 0 Å². The molecule has 0 atom stereocenters. The molecule has 0 fully saturated rings. The Kier molecular flexibility index (Phi) is 6.78. The van der Waals surface area contributed by atoms with Gasteiger partial charge in [0.15, 0.2) is 0 Å². The number of hydrogen-bond acceptors (Lipinski definition) is 5. The summed E-state index contributed by atoms with van der Waals surface area (Å²) < 4.78 is 10.4. The molecule has 104 valence electrons. The fourth-order valence-corrected chi connectivity index (χ4v) is 2.56. The Morgan fingerprint density at radius 2 is 2.00 bits per heavy atom. The molecule has 0 aliphatic heterocycles. The number of methoxy groups -OCH3 is 1. The van der Waals surface area contributed by atoms with Gasteiger partial charge in [-0.15, -0.1) is 11.3 Å². The van der Waals surface area contributed by atoms with Crippen molar-refractivity contribution < 1.29 is 9.47 Å². The summed E-state index contributed by atoms with van der Waals surface area (Å²) in [5.41, 5.74) is 7.07. The zero-order valence-electron chi connectivity index (χ0n) is 11.6. The third-order valence-electron chi connectivity index (χ3n) is 3.22. The van der Waals surface area contributed by atoms with Gasteiger partial charge in [-0.05, 0) is 12.8 Å². The van der Waals surface area contributed by atoms with Crippen LogP contribution in [0.15, 0.2) is 5.38 Å². The average molecular weight is 272 g/mol. The van der Waals surface area contributed by atoms with Crippen LogP contribution < -0.4 is 5.73 Å². The van der Waals surface area contributed by atoms with Crippen LogP contribution in [-0.4, -0.2) is 31.9 Å². The van der Waals surface area contributed by atoms with E-state index in [-0.39, 0.29) is 5.54 Å². The molecule has 2 N–H and O–H groups in total. The van der Waals surface area contributed by atoms with Crippen LogP contribution in [0.4, 0.5) is 0 Å². The molecule has 0 saturated heterocycles. The summed E-state index contributed by atoms with van der Waals surface area (Å²) in [4.78, 5) is 4.62. The highest BCUT2D eigenvalue weighted by Gasteiger charge is 2.25. The second kappa shape index (κ2) is 7.84. The van der Waals surface area contributed by atoms with Gasteiger partial charge in [0.1, 0.15) is 0 Å². The lowest BCUT2D eigenvalue weighted by Gasteiger charge is -2.24. The van der Waals surface area contributed by atoms with E-state index in [9.17, 15) is 0 Å². The van der Waals surface area contributed by atoms with Gasteiger partial charge in [0.25, 0.3) is 0 Å². The van der Waals surface area contributed by atoms with Gasteiger partial charge in [-0.3, -0.25) is 0 Å². The van der Waals surface area contributed by atoms with Crippen molar-refractivity contribution in [1.29, 1.82) is 0 Å². The van der Waals surface area contributed by atoms with Crippen molar-refractivity contribution in [1.82, 2.24) is 4.98 Å². The van der Waals surface area contributed by atoms with E-state index in [2.05, 4.69) is 24.2 Å². The summed E-state index contributed by atoms with van der Waals surface area (Å²) in [6.45, 7) is 6.18. The molecule has 0 bridgehead atoms. The normalized spacial score (nSPS) is 12.0. The van der Waals surface area contributed by atoms with Crippen molar-refractivity contribution in [2.24, 2.45) is 5.73 Å². The molecule has 1 aromatic heterocycles. The molecular formula is C13H24N2O2S. The van der Waals surface area contributed by atoms with Gasteiger partial charge in [-0.25, -0.2) is 4.98 Å². The van der Waals surface area contributed by atoms with Gasteiger partial charge in [0, 0.05) is 18.9 Å². The zero-order valence-corrected chi connectivity index (χ0v) is 12.4. The predicted octanol–water partition coefficient (Wildman–Crippen LogP) is 2.32. The fraction of sp³-hybridized carbons (Fsp3) is 0.769. The van der Waals surface area contributed by atoms with Gasteiger partial charge in [0.05, 0.1) is 36.1 Å². The van der Waals surface area contributed by atoms with Crippen LogP contribution in [0.2, 0.25) is 0 Å². The van der Waals surface area contributed by atoms with Gasteiger partial charge in [-0.1, -0.05) is 13.8 Å². The zero-order chi connectivity index (χ0) is 13.4. The minimum atomic E-state index is -0.272. The minimum absolute atomic E-state index is 0.272. The van der Waals surface area contributed by atoms with Crippen molar-refractivity contribution in [2.45, 2.75) is 38.6 Å². The van der Waals surface area contributed by atoms with Crippen molar-refractivity contribution in [3.05, 3.63) is 16.1 Å². The summed E-state index contributed by atoms with van der Waals surface area (Å²) in [7, 11) is 1.67. The Labute approximate surface area is 114 Å². The van der Waals surface area contributed by atoms with Crippen LogP contribution >= 0.6 is 11.3 Å². The van der Waals surface area contributed by atoms with Crippen LogP contribution in [0.3, 0.4) is 0 Å². The van der Waals surface area contributed by atoms with E-state index in [0.29, 0.717) is 19.8 Å². The van der Waals surface area contributed by atoms with E-state index in [0.717, 1.165) is 30.0 Å². The summed E-state index contributed by atoms with van der Waals surface area (Å²) in [6, 6.07) is 0. The third-order valence-corrected chi connectivity index (χ3v) is 4.12. The van der Waals surface area contributed by atoms with Crippen LogP contribution in [0.5, 0.6) is 0 Å². The molecule has 0 aliphatic rings. The second-order valence-corrected chi connectivity index (χ2v) is 5.29. The van der Waals surface area contributed by atoms with E-state index < -0.39 is 0 Å². The quantitative estimate of drug-likeness (QED) is 0.701. The molecule has 0 saturated carbocycles. The van der Waals surface area contributed by atoms with E-state index >= 15 is 0 Å². The molecule has 4 nitrogen and oxygen atoms in total. The van der Waals surface area contributed by atoms with Gasteiger partial charge in [0.2, 0.25) is 0 Å². The SMILES string of the molecule is CCC(N)(CC)c1csc(CCOCCOC)n1. The number of hydrogen-bond donors (Lipinski definition) is 1. The Balaban J connectivity index is 2.43. The van der Waals surface area contributed by atoms with Crippen LogP contribution in [0, 0.1) is 0 Å². The predicted molar refractivity (Wildman–Crippen MR) is 75.0 cm³/mol. The lowest BCUT2D eigenvalue weighted by molar-refractivity contribution is 0.0722. The van der Waals surface area contributed by atoms with Crippen molar-refractivity contribution in [3.63, 3.8) is 0 Å². The van der Waals surface area contributed by atoms with Crippen LogP contribution in [-0.2, 0) is 21.4 Å². The van der Waals surface area contributed by atoms with E-state index in [1.165, 1.54) is 0 Å². The van der Waals surface area contributed by atoms with E-state index in [1.807, 2.05) is 0 Å². The Morgan fingerprint density at radius 3 is 2.61 bits per heavy atom. The molecule has 0 spiro atoms. The molecule has 1 heterocycles. The summed E-state index contributed by atoms with van der Waals surface area (Å²) in [5.74, 6) is 0. The second-order valence-electron chi connectivity index (χ2n) is 4.34.